The number of halogens is 3. The molecule has 4 heterocycles. The zero-order valence-corrected chi connectivity index (χ0v) is 17.8. The molecule has 2 aromatic rings. The number of anilines is 2. The molecule has 1 unspecified atom stereocenters. The second kappa shape index (κ2) is 9.92. The van der Waals surface area contributed by atoms with E-state index in [1.807, 2.05) is 4.90 Å². The fourth-order valence-electron chi connectivity index (χ4n) is 3.72. The molecule has 32 heavy (non-hydrogen) atoms. The number of morpholine rings is 2. The van der Waals surface area contributed by atoms with Gasteiger partial charge in [0, 0.05) is 44.6 Å². The van der Waals surface area contributed by atoms with Gasteiger partial charge in [-0.3, -0.25) is 4.90 Å². The number of nitrogens with zero attached hydrogens (tertiary/aromatic N) is 6. The van der Waals surface area contributed by atoms with Gasteiger partial charge in [0.2, 0.25) is 5.95 Å². The molecule has 12 heteroatoms. The monoisotopic (exact) mass is 453 g/mol. The van der Waals surface area contributed by atoms with E-state index in [1.54, 1.807) is 12.3 Å². The molecule has 0 amide bonds. The third-order valence-corrected chi connectivity index (χ3v) is 5.34. The van der Waals surface area contributed by atoms with Crippen LogP contribution in [0.5, 0.6) is 0 Å². The van der Waals surface area contributed by atoms with Crippen molar-refractivity contribution in [3.05, 3.63) is 35.5 Å². The van der Waals surface area contributed by atoms with Crippen molar-refractivity contribution in [1.29, 1.82) is 0 Å². The van der Waals surface area contributed by atoms with Crippen LogP contribution in [0.3, 0.4) is 0 Å². The van der Waals surface area contributed by atoms with Gasteiger partial charge >= 0.3 is 6.18 Å². The first-order valence-corrected chi connectivity index (χ1v) is 10.5. The van der Waals surface area contributed by atoms with Gasteiger partial charge < -0.3 is 19.7 Å². The number of rotatable bonds is 6. The zero-order chi connectivity index (χ0) is 22.6. The Hall–Kier alpha value is -2.57. The molecule has 0 bridgehead atoms. The molecule has 0 saturated carbocycles. The Morgan fingerprint density at radius 3 is 2.66 bits per heavy atom. The minimum atomic E-state index is -4.52. The summed E-state index contributed by atoms with van der Waals surface area (Å²) in [4.78, 5) is 21.1. The van der Waals surface area contributed by atoms with Gasteiger partial charge in [0.1, 0.15) is 17.3 Å². The number of hydrogen-bond acceptors (Lipinski definition) is 9. The first-order valence-electron chi connectivity index (χ1n) is 10.5. The van der Waals surface area contributed by atoms with Gasteiger partial charge in [-0.05, 0) is 19.1 Å². The molecule has 2 saturated heterocycles. The van der Waals surface area contributed by atoms with Gasteiger partial charge in [-0.25, -0.2) is 15.0 Å². The number of ether oxygens (including phenoxy) is 2. The van der Waals surface area contributed by atoms with Gasteiger partial charge in [0.05, 0.1) is 32.5 Å². The summed E-state index contributed by atoms with van der Waals surface area (Å²) in [7, 11) is 0. The van der Waals surface area contributed by atoms with Crippen molar-refractivity contribution in [1.82, 2.24) is 24.8 Å². The summed E-state index contributed by atoms with van der Waals surface area (Å²) in [6.07, 6.45) is -2.81. The number of nitrogens with one attached hydrogen (secondary N) is 1. The maximum absolute atomic E-state index is 13.2. The van der Waals surface area contributed by atoms with E-state index in [4.69, 9.17) is 9.47 Å². The normalized spacial score (nSPS) is 20.4. The van der Waals surface area contributed by atoms with Crippen molar-refractivity contribution in [3.8, 4) is 0 Å². The fraction of sp³-hybridized carbons (Fsp3) is 0.600. The first kappa shape index (κ1) is 22.6. The van der Waals surface area contributed by atoms with Crippen LogP contribution in [0.4, 0.5) is 24.9 Å². The molecule has 1 N–H and O–H groups in total. The van der Waals surface area contributed by atoms with Crippen LogP contribution in [0.1, 0.15) is 23.3 Å². The van der Waals surface area contributed by atoms with Crippen molar-refractivity contribution < 1.29 is 22.6 Å². The Labute approximate surface area is 184 Å². The highest BCUT2D eigenvalue weighted by molar-refractivity contribution is 5.41. The third-order valence-electron chi connectivity index (χ3n) is 5.34. The number of hydrogen-bond donors (Lipinski definition) is 1. The summed E-state index contributed by atoms with van der Waals surface area (Å²) < 4.78 is 50.5. The molecular weight excluding hydrogens is 427 g/mol. The Morgan fingerprint density at radius 1 is 1.09 bits per heavy atom. The van der Waals surface area contributed by atoms with E-state index in [1.165, 1.54) is 6.92 Å². The lowest BCUT2D eigenvalue weighted by Crippen LogP contribution is -2.43. The van der Waals surface area contributed by atoms with Crippen LogP contribution in [-0.4, -0.2) is 84.0 Å². The van der Waals surface area contributed by atoms with Crippen molar-refractivity contribution in [2.24, 2.45) is 0 Å². The summed E-state index contributed by atoms with van der Waals surface area (Å²) in [5, 5.41) is 3.28. The van der Waals surface area contributed by atoms with Crippen LogP contribution < -0.4 is 10.2 Å². The van der Waals surface area contributed by atoms with Gasteiger partial charge in [-0.2, -0.15) is 18.2 Å². The van der Waals surface area contributed by atoms with Crippen LogP contribution in [0, 0.1) is 6.92 Å². The molecule has 0 aromatic carbocycles. The number of alkyl halides is 3. The third kappa shape index (κ3) is 5.61. The van der Waals surface area contributed by atoms with Crippen molar-refractivity contribution in [2.75, 3.05) is 69.4 Å². The SMILES string of the molecule is Cc1cc(C(F)(F)F)nc(C2COCCN2CCNc2ccnc(N3CCOCC3)n2)n1. The molecule has 1 atom stereocenters. The lowest BCUT2D eigenvalue weighted by atomic mass is 10.2. The van der Waals surface area contributed by atoms with E-state index in [2.05, 4.69) is 30.2 Å². The second-order valence-corrected chi connectivity index (χ2v) is 7.65. The molecular formula is C20H26F3N7O2. The van der Waals surface area contributed by atoms with Crippen LogP contribution in [0.2, 0.25) is 0 Å². The Kier molecular flexibility index (Phi) is 7.01. The lowest BCUT2D eigenvalue weighted by molar-refractivity contribution is -0.141. The highest BCUT2D eigenvalue weighted by Gasteiger charge is 2.35. The fourth-order valence-corrected chi connectivity index (χ4v) is 3.72. The van der Waals surface area contributed by atoms with Crippen LogP contribution in [0.25, 0.3) is 0 Å². The summed E-state index contributed by atoms with van der Waals surface area (Å²) in [6, 6.07) is 2.31. The molecule has 2 fully saturated rings. The Balaban J connectivity index is 1.40. The van der Waals surface area contributed by atoms with E-state index in [0.29, 0.717) is 51.2 Å². The van der Waals surface area contributed by atoms with Gasteiger partial charge in [-0.1, -0.05) is 0 Å². The number of aromatic nitrogens is 4. The van der Waals surface area contributed by atoms with Gasteiger partial charge in [-0.15, -0.1) is 0 Å². The Morgan fingerprint density at radius 2 is 1.88 bits per heavy atom. The molecule has 0 spiro atoms. The topological polar surface area (TPSA) is 88.5 Å². The van der Waals surface area contributed by atoms with E-state index in [0.717, 1.165) is 19.2 Å². The first-order chi connectivity index (χ1) is 15.4. The summed E-state index contributed by atoms with van der Waals surface area (Å²) >= 11 is 0. The molecule has 2 aliphatic heterocycles. The predicted octanol–water partition coefficient (Wildman–Crippen LogP) is 1.92. The zero-order valence-electron chi connectivity index (χ0n) is 17.8. The highest BCUT2D eigenvalue weighted by Crippen LogP contribution is 2.30. The number of aryl methyl sites for hydroxylation is 1. The van der Waals surface area contributed by atoms with E-state index < -0.39 is 17.9 Å². The quantitative estimate of drug-likeness (QED) is 0.705. The molecule has 2 aliphatic rings. The van der Waals surface area contributed by atoms with Crippen molar-refractivity contribution >= 4 is 11.8 Å². The predicted molar refractivity (Wildman–Crippen MR) is 110 cm³/mol. The lowest BCUT2D eigenvalue weighted by Gasteiger charge is -2.34. The van der Waals surface area contributed by atoms with Crippen molar-refractivity contribution in [3.63, 3.8) is 0 Å². The minimum Gasteiger partial charge on any atom is -0.378 e. The second-order valence-electron chi connectivity index (χ2n) is 7.65. The Bertz CT molecular complexity index is 909. The van der Waals surface area contributed by atoms with E-state index in [9.17, 15) is 13.2 Å². The smallest absolute Gasteiger partial charge is 0.378 e. The van der Waals surface area contributed by atoms with Crippen LogP contribution in [0.15, 0.2) is 18.3 Å². The molecule has 0 aliphatic carbocycles. The molecule has 0 radical (unpaired) electrons. The highest BCUT2D eigenvalue weighted by atomic mass is 19.4. The van der Waals surface area contributed by atoms with E-state index in [-0.39, 0.29) is 18.1 Å². The minimum absolute atomic E-state index is 0.133. The molecule has 2 aromatic heterocycles. The molecule has 174 valence electrons. The maximum Gasteiger partial charge on any atom is 0.433 e. The van der Waals surface area contributed by atoms with Crippen LogP contribution in [-0.2, 0) is 15.7 Å². The van der Waals surface area contributed by atoms with Gasteiger partial charge in [0.25, 0.3) is 0 Å². The summed E-state index contributed by atoms with van der Waals surface area (Å²) in [6.45, 7) is 6.78. The average molecular weight is 453 g/mol. The van der Waals surface area contributed by atoms with Gasteiger partial charge in [0.15, 0.2) is 0 Å². The molecule has 9 nitrogen and oxygen atoms in total. The van der Waals surface area contributed by atoms with E-state index >= 15 is 0 Å². The summed E-state index contributed by atoms with van der Waals surface area (Å²) in [5.74, 6) is 1.47. The maximum atomic E-state index is 13.2. The average Bonchev–Trinajstić information content (AvgIpc) is 2.79. The van der Waals surface area contributed by atoms with Crippen molar-refractivity contribution in [2.45, 2.75) is 19.1 Å². The summed E-state index contributed by atoms with van der Waals surface area (Å²) in [5.41, 5.74) is -0.650. The largest absolute Gasteiger partial charge is 0.433 e. The standard InChI is InChI=1S/C20H26F3N7O2/c1-14-12-16(20(21,22)23)27-18(26-14)15-13-32-11-6-29(15)5-4-24-17-2-3-25-19(28-17)30-7-9-31-10-8-30/h2-3,12,15H,4-11,13H2,1H3,(H,24,25,28). The molecule has 4 rings (SSSR count). The van der Waals surface area contributed by atoms with Crippen LogP contribution >= 0.6 is 0 Å².